The highest BCUT2D eigenvalue weighted by Gasteiger charge is 2.31. The molecule has 0 saturated heterocycles. The third kappa shape index (κ3) is 2.96. The van der Waals surface area contributed by atoms with E-state index < -0.39 is 11.6 Å². The minimum Gasteiger partial charge on any atom is -0.496 e. The number of ether oxygens (including phenoxy) is 1. The lowest BCUT2D eigenvalue weighted by Gasteiger charge is -2.19. The number of hydrogen-bond donors (Lipinski definition) is 2. The van der Waals surface area contributed by atoms with Gasteiger partial charge in [-0.15, -0.1) is 0 Å². The lowest BCUT2D eigenvalue weighted by Crippen LogP contribution is -2.37. The second-order valence-electron chi connectivity index (χ2n) is 3.71. The molecule has 0 radical (unpaired) electrons. The molecule has 0 amide bonds. The summed E-state index contributed by atoms with van der Waals surface area (Å²) in [6, 6.07) is 5.24. The van der Waals surface area contributed by atoms with E-state index in [-0.39, 0.29) is 6.42 Å². The van der Waals surface area contributed by atoms with E-state index in [2.05, 4.69) is 15.9 Å². The third-order valence-corrected chi connectivity index (χ3v) is 2.73. The lowest BCUT2D eigenvalue weighted by molar-refractivity contribution is -0.156. The summed E-state index contributed by atoms with van der Waals surface area (Å²) in [6.45, 7) is 1.26. The molecule has 1 aromatic rings. The van der Waals surface area contributed by atoms with Crippen molar-refractivity contribution in [2.24, 2.45) is 0 Å². The van der Waals surface area contributed by atoms with Crippen LogP contribution in [-0.4, -0.2) is 28.9 Å². The fraction of sp³-hybridized carbons (Fsp3) is 0.364. The summed E-state index contributed by atoms with van der Waals surface area (Å²) in [7, 11) is 1.50. The summed E-state index contributed by atoms with van der Waals surface area (Å²) in [5, 5.41) is 18.5. The average molecular weight is 289 g/mol. The number of methoxy groups -OCH3 is 1. The number of rotatable bonds is 4. The average Bonchev–Trinajstić information content (AvgIpc) is 2.17. The Kier molecular flexibility index (Phi) is 3.93. The summed E-state index contributed by atoms with van der Waals surface area (Å²) in [5.74, 6) is -0.695. The number of carboxylic acid groups (broad SMARTS) is 1. The van der Waals surface area contributed by atoms with Crippen molar-refractivity contribution in [2.45, 2.75) is 18.9 Å². The summed E-state index contributed by atoms with van der Waals surface area (Å²) < 4.78 is 5.91. The Balaban J connectivity index is 3.04. The van der Waals surface area contributed by atoms with Crippen molar-refractivity contribution >= 4 is 21.9 Å². The Labute approximate surface area is 102 Å². The van der Waals surface area contributed by atoms with Gasteiger partial charge in [-0.25, -0.2) is 4.79 Å². The molecule has 1 unspecified atom stereocenters. The molecule has 0 heterocycles. The molecular weight excluding hydrogens is 276 g/mol. The molecule has 0 spiro atoms. The largest absolute Gasteiger partial charge is 0.496 e. The van der Waals surface area contributed by atoms with Crippen LogP contribution in [0.1, 0.15) is 12.5 Å². The first-order valence-corrected chi connectivity index (χ1v) is 5.44. The van der Waals surface area contributed by atoms with Crippen LogP contribution in [0.5, 0.6) is 5.75 Å². The molecule has 16 heavy (non-hydrogen) atoms. The fourth-order valence-electron chi connectivity index (χ4n) is 1.33. The van der Waals surface area contributed by atoms with Gasteiger partial charge in [0, 0.05) is 10.9 Å². The standard InChI is InChI=1S/C11H13BrO4/c1-11(15,10(13)14)6-7-5-8(12)3-4-9(7)16-2/h3-5,15H,6H2,1-2H3,(H,13,14). The zero-order valence-corrected chi connectivity index (χ0v) is 10.6. The molecule has 1 rings (SSSR count). The topological polar surface area (TPSA) is 66.8 Å². The molecule has 0 aromatic heterocycles. The number of carbonyl (C=O) groups is 1. The van der Waals surface area contributed by atoms with Gasteiger partial charge in [0.2, 0.25) is 0 Å². The van der Waals surface area contributed by atoms with Crippen molar-refractivity contribution in [1.82, 2.24) is 0 Å². The first-order valence-electron chi connectivity index (χ1n) is 4.65. The Morgan fingerprint density at radius 1 is 1.56 bits per heavy atom. The predicted molar refractivity (Wildman–Crippen MR) is 62.7 cm³/mol. The van der Waals surface area contributed by atoms with Gasteiger partial charge < -0.3 is 14.9 Å². The molecule has 0 bridgehead atoms. The van der Waals surface area contributed by atoms with Crippen molar-refractivity contribution in [3.63, 3.8) is 0 Å². The molecule has 2 N–H and O–H groups in total. The van der Waals surface area contributed by atoms with Gasteiger partial charge in [-0.1, -0.05) is 15.9 Å². The Bertz CT molecular complexity index is 401. The number of aliphatic hydroxyl groups is 1. The monoisotopic (exact) mass is 288 g/mol. The Morgan fingerprint density at radius 3 is 2.69 bits per heavy atom. The first kappa shape index (κ1) is 13.0. The normalized spacial score (nSPS) is 14.2. The molecule has 0 aliphatic rings. The van der Waals surface area contributed by atoms with Gasteiger partial charge in [0.1, 0.15) is 5.75 Å². The smallest absolute Gasteiger partial charge is 0.335 e. The van der Waals surface area contributed by atoms with E-state index in [1.807, 2.05) is 0 Å². The van der Waals surface area contributed by atoms with E-state index >= 15 is 0 Å². The van der Waals surface area contributed by atoms with Gasteiger partial charge in [0.25, 0.3) is 0 Å². The summed E-state index contributed by atoms with van der Waals surface area (Å²) in [6.07, 6.45) is -0.00898. The van der Waals surface area contributed by atoms with E-state index in [0.29, 0.717) is 11.3 Å². The van der Waals surface area contributed by atoms with Gasteiger partial charge >= 0.3 is 5.97 Å². The molecule has 1 atom stereocenters. The SMILES string of the molecule is COc1ccc(Br)cc1CC(C)(O)C(=O)O. The molecule has 0 aliphatic heterocycles. The third-order valence-electron chi connectivity index (χ3n) is 2.24. The molecule has 0 saturated carbocycles. The Hall–Kier alpha value is -1.07. The van der Waals surface area contributed by atoms with Crippen molar-refractivity contribution in [2.75, 3.05) is 7.11 Å². The van der Waals surface area contributed by atoms with Gasteiger partial charge in [0.15, 0.2) is 5.60 Å². The van der Waals surface area contributed by atoms with Crippen molar-refractivity contribution < 1.29 is 19.7 Å². The van der Waals surface area contributed by atoms with E-state index in [1.165, 1.54) is 14.0 Å². The molecule has 1 aromatic carbocycles. The predicted octanol–water partition coefficient (Wildman–Crippen LogP) is 1.84. The van der Waals surface area contributed by atoms with Crippen LogP contribution < -0.4 is 4.74 Å². The molecule has 0 fully saturated rings. The molecular formula is C11H13BrO4. The molecule has 88 valence electrons. The highest BCUT2D eigenvalue weighted by molar-refractivity contribution is 9.10. The fourth-order valence-corrected chi connectivity index (χ4v) is 1.74. The van der Waals surface area contributed by atoms with Crippen LogP contribution in [0.15, 0.2) is 22.7 Å². The van der Waals surface area contributed by atoms with E-state index in [1.54, 1.807) is 18.2 Å². The maximum absolute atomic E-state index is 10.8. The van der Waals surface area contributed by atoms with Crippen molar-refractivity contribution in [3.8, 4) is 5.75 Å². The maximum Gasteiger partial charge on any atom is 0.335 e. The summed E-state index contributed by atoms with van der Waals surface area (Å²) >= 11 is 3.29. The van der Waals surface area contributed by atoms with Crippen molar-refractivity contribution in [1.29, 1.82) is 0 Å². The minimum atomic E-state index is -1.80. The summed E-state index contributed by atoms with van der Waals surface area (Å²) in [4.78, 5) is 10.8. The summed E-state index contributed by atoms with van der Waals surface area (Å²) in [5.41, 5.74) is -1.15. The second kappa shape index (κ2) is 4.84. The number of halogens is 1. The zero-order chi connectivity index (χ0) is 12.3. The van der Waals surface area contributed by atoms with Crippen LogP contribution in [0, 0.1) is 0 Å². The van der Waals surface area contributed by atoms with Gasteiger partial charge in [-0.2, -0.15) is 0 Å². The maximum atomic E-state index is 10.8. The number of hydrogen-bond acceptors (Lipinski definition) is 3. The van der Waals surface area contributed by atoms with Gasteiger partial charge in [-0.05, 0) is 30.7 Å². The molecule has 0 aliphatic carbocycles. The van der Waals surface area contributed by atoms with E-state index in [0.717, 1.165) is 4.47 Å². The minimum absolute atomic E-state index is 0.00898. The first-order chi connectivity index (χ1) is 7.36. The zero-order valence-electron chi connectivity index (χ0n) is 9.03. The van der Waals surface area contributed by atoms with Crippen molar-refractivity contribution in [3.05, 3.63) is 28.2 Å². The molecule has 4 nitrogen and oxygen atoms in total. The van der Waals surface area contributed by atoms with Crippen LogP contribution in [-0.2, 0) is 11.2 Å². The van der Waals surface area contributed by atoms with Crippen LogP contribution in [0.4, 0.5) is 0 Å². The highest BCUT2D eigenvalue weighted by atomic mass is 79.9. The van der Waals surface area contributed by atoms with Crippen LogP contribution in [0.25, 0.3) is 0 Å². The van der Waals surface area contributed by atoms with E-state index in [4.69, 9.17) is 9.84 Å². The quantitative estimate of drug-likeness (QED) is 0.887. The number of benzene rings is 1. The second-order valence-corrected chi connectivity index (χ2v) is 4.63. The number of carboxylic acids is 1. The number of aliphatic carboxylic acids is 1. The Morgan fingerprint density at radius 2 is 2.19 bits per heavy atom. The molecule has 5 heteroatoms. The van der Waals surface area contributed by atoms with Crippen LogP contribution >= 0.6 is 15.9 Å². The van der Waals surface area contributed by atoms with Gasteiger partial charge in [0.05, 0.1) is 7.11 Å². The van der Waals surface area contributed by atoms with Gasteiger partial charge in [-0.3, -0.25) is 0 Å². The van der Waals surface area contributed by atoms with Crippen LogP contribution in [0.3, 0.4) is 0 Å². The highest BCUT2D eigenvalue weighted by Crippen LogP contribution is 2.26. The van der Waals surface area contributed by atoms with E-state index in [9.17, 15) is 9.90 Å². The lowest BCUT2D eigenvalue weighted by atomic mass is 9.96. The van der Waals surface area contributed by atoms with Crippen LogP contribution in [0.2, 0.25) is 0 Å².